The molecular weight excluding hydrogens is 367 g/mol. The van der Waals surface area contributed by atoms with Crippen LogP contribution in [-0.4, -0.2) is 9.66 Å². The van der Waals surface area contributed by atoms with Crippen molar-refractivity contribution in [3.63, 3.8) is 0 Å². The molecule has 0 unspecified atom stereocenters. The average molecular weight is 381 g/mol. The van der Waals surface area contributed by atoms with Gasteiger partial charge in [-0.05, 0) is 30.3 Å². The Morgan fingerprint density at radius 3 is 2.46 bits per heavy atom. The number of benzene rings is 3. The Kier molecular flexibility index (Phi) is 4.57. The Balaban J connectivity index is 1.84. The summed E-state index contributed by atoms with van der Waals surface area (Å²) in [5, 5.41) is 0.356. The minimum atomic E-state index is -0.735. The second kappa shape index (κ2) is 7.19. The van der Waals surface area contributed by atoms with E-state index in [4.69, 9.17) is 0 Å². The highest BCUT2D eigenvalue weighted by molar-refractivity contribution is 5.79. The third-order valence-electron chi connectivity index (χ3n) is 4.30. The molecule has 0 amide bonds. The molecule has 1 aromatic heterocycles. The summed E-state index contributed by atoms with van der Waals surface area (Å²) >= 11 is 0. The van der Waals surface area contributed by atoms with Crippen LogP contribution >= 0.6 is 0 Å². The summed E-state index contributed by atoms with van der Waals surface area (Å²) in [5.74, 6) is -1.71. The van der Waals surface area contributed by atoms with Gasteiger partial charge in [0.05, 0.1) is 17.4 Å². The van der Waals surface area contributed by atoms with Crippen LogP contribution in [0.2, 0.25) is 0 Å². The molecule has 3 aromatic carbocycles. The number of halogens is 3. The van der Waals surface area contributed by atoms with Gasteiger partial charge in [-0.2, -0.15) is 0 Å². The molecule has 1 N–H and O–H groups in total. The molecule has 0 fully saturated rings. The minimum Gasteiger partial charge on any atom is -0.317 e. The number of nitrogens with one attached hydrogen (secondary N) is 1. The minimum absolute atomic E-state index is 0.0889. The lowest BCUT2D eigenvalue weighted by atomic mass is 10.2. The molecule has 0 saturated heterocycles. The lowest BCUT2D eigenvalue weighted by molar-refractivity contribution is 0.571. The van der Waals surface area contributed by atoms with Crippen molar-refractivity contribution >= 4 is 10.9 Å². The first-order valence-corrected chi connectivity index (χ1v) is 8.48. The average Bonchev–Trinajstić information content (AvgIpc) is 2.68. The fourth-order valence-corrected chi connectivity index (χ4v) is 2.93. The summed E-state index contributed by atoms with van der Waals surface area (Å²) < 4.78 is 41.9. The van der Waals surface area contributed by atoms with Crippen LogP contribution in [0.15, 0.2) is 71.5 Å². The molecule has 0 aliphatic heterocycles. The molecule has 0 saturated carbocycles. The lowest BCUT2D eigenvalue weighted by Crippen LogP contribution is -2.31. The van der Waals surface area contributed by atoms with Gasteiger partial charge in [0.1, 0.15) is 17.5 Å². The van der Waals surface area contributed by atoms with Gasteiger partial charge in [0, 0.05) is 17.2 Å². The summed E-state index contributed by atoms with van der Waals surface area (Å²) in [4.78, 5) is 17.5. The van der Waals surface area contributed by atoms with Gasteiger partial charge in [-0.1, -0.05) is 30.3 Å². The van der Waals surface area contributed by atoms with Gasteiger partial charge in [0.15, 0.2) is 5.82 Å². The Hall–Kier alpha value is -3.61. The van der Waals surface area contributed by atoms with Crippen molar-refractivity contribution in [3.8, 4) is 11.4 Å². The Bertz CT molecular complexity index is 1240. The molecule has 0 spiro atoms. The SMILES string of the molecule is O=c1c2ccccc2nc(-c2cccc(F)c2)n1NCc1ccc(F)cc1F. The Labute approximate surface area is 157 Å². The zero-order valence-electron chi connectivity index (χ0n) is 14.5. The summed E-state index contributed by atoms with van der Waals surface area (Å²) in [7, 11) is 0. The molecule has 4 aromatic rings. The molecule has 0 aliphatic carbocycles. The van der Waals surface area contributed by atoms with E-state index in [0.29, 0.717) is 16.5 Å². The highest BCUT2D eigenvalue weighted by atomic mass is 19.1. The van der Waals surface area contributed by atoms with E-state index in [0.717, 1.165) is 16.8 Å². The van der Waals surface area contributed by atoms with Gasteiger partial charge in [-0.25, -0.2) is 22.8 Å². The van der Waals surface area contributed by atoms with E-state index in [2.05, 4.69) is 10.4 Å². The molecule has 7 heteroatoms. The van der Waals surface area contributed by atoms with Crippen molar-refractivity contribution in [1.82, 2.24) is 9.66 Å². The molecule has 0 atom stereocenters. The van der Waals surface area contributed by atoms with Crippen LogP contribution in [0.25, 0.3) is 22.3 Å². The van der Waals surface area contributed by atoms with E-state index in [-0.39, 0.29) is 17.9 Å². The second-order valence-corrected chi connectivity index (χ2v) is 6.17. The van der Waals surface area contributed by atoms with Crippen molar-refractivity contribution in [2.24, 2.45) is 0 Å². The third kappa shape index (κ3) is 3.34. The Morgan fingerprint density at radius 1 is 0.893 bits per heavy atom. The zero-order chi connectivity index (χ0) is 19.7. The molecule has 4 rings (SSSR count). The molecular formula is C21H14F3N3O. The van der Waals surface area contributed by atoms with Crippen molar-refractivity contribution in [2.45, 2.75) is 6.54 Å². The fraction of sp³-hybridized carbons (Fsp3) is 0.0476. The van der Waals surface area contributed by atoms with Crippen molar-refractivity contribution in [1.29, 1.82) is 0 Å². The molecule has 0 aliphatic rings. The van der Waals surface area contributed by atoms with Gasteiger partial charge < -0.3 is 5.43 Å². The van der Waals surface area contributed by atoms with E-state index < -0.39 is 23.0 Å². The first-order valence-electron chi connectivity index (χ1n) is 8.48. The van der Waals surface area contributed by atoms with Crippen LogP contribution in [0.5, 0.6) is 0 Å². The van der Waals surface area contributed by atoms with E-state index in [1.165, 1.54) is 24.3 Å². The topological polar surface area (TPSA) is 46.9 Å². The molecule has 0 radical (unpaired) electrons. The zero-order valence-corrected chi connectivity index (χ0v) is 14.5. The summed E-state index contributed by atoms with van der Waals surface area (Å²) in [5.41, 5.74) is 3.43. The maximum Gasteiger partial charge on any atom is 0.280 e. The quantitative estimate of drug-likeness (QED) is 0.576. The molecule has 0 bridgehead atoms. The molecule has 140 valence electrons. The Morgan fingerprint density at radius 2 is 1.68 bits per heavy atom. The largest absolute Gasteiger partial charge is 0.317 e. The van der Waals surface area contributed by atoms with E-state index in [9.17, 15) is 18.0 Å². The van der Waals surface area contributed by atoms with Gasteiger partial charge >= 0.3 is 0 Å². The molecule has 28 heavy (non-hydrogen) atoms. The smallest absolute Gasteiger partial charge is 0.280 e. The van der Waals surface area contributed by atoms with Gasteiger partial charge in [0.2, 0.25) is 0 Å². The second-order valence-electron chi connectivity index (χ2n) is 6.17. The van der Waals surface area contributed by atoms with E-state index in [1.54, 1.807) is 30.3 Å². The van der Waals surface area contributed by atoms with Crippen LogP contribution < -0.4 is 11.0 Å². The highest BCUT2D eigenvalue weighted by Gasteiger charge is 2.14. The fourth-order valence-electron chi connectivity index (χ4n) is 2.93. The van der Waals surface area contributed by atoms with Crippen LogP contribution in [0, 0.1) is 17.5 Å². The number of hydrogen-bond donors (Lipinski definition) is 1. The van der Waals surface area contributed by atoms with Crippen LogP contribution in [0.4, 0.5) is 13.2 Å². The number of nitrogens with zero attached hydrogens (tertiary/aromatic N) is 2. The van der Waals surface area contributed by atoms with Gasteiger partial charge in [-0.3, -0.25) is 4.79 Å². The summed E-state index contributed by atoms with van der Waals surface area (Å²) in [6.45, 7) is -0.0889. The monoisotopic (exact) mass is 381 g/mol. The van der Waals surface area contributed by atoms with Crippen molar-refractivity contribution in [3.05, 3.63) is 100 Å². The van der Waals surface area contributed by atoms with Crippen LogP contribution in [0.3, 0.4) is 0 Å². The molecule has 4 nitrogen and oxygen atoms in total. The normalized spacial score (nSPS) is 11.0. The number of aromatic nitrogens is 2. The number of fused-ring (bicyclic) bond motifs is 1. The highest BCUT2D eigenvalue weighted by Crippen LogP contribution is 2.19. The number of para-hydroxylation sites is 1. The number of rotatable bonds is 4. The summed E-state index contributed by atoms with van der Waals surface area (Å²) in [6.07, 6.45) is 0. The maximum atomic E-state index is 14.0. The predicted molar refractivity (Wildman–Crippen MR) is 101 cm³/mol. The van der Waals surface area contributed by atoms with E-state index in [1.807, 2.05) is 0 Å². The lowest BCUT2D eigenvalue weighted by Gasteiger charge is -2.16. The van der Waals surface area contributed by atoms with Crippen molar-refractivity contribution in [2.75, 3.05) is 5.43 Å². The number of hydrogen-bond acceptors (Lipinski definition) is 3. The first kappa shape index (κ1) is 17.8. The van der Waals surface area contributed by atoms with E-state index >= 15 is 0 Å². The maximum absolute atomic E-state index is 14.0. The molecule has 1 heterocycles. The van der Waals surface area contributed by atoms with Crippen LogP contribution in [-0.2, 0) is 6.54 Å². The first-order chi connectivity index (χ1) is 13.5. The van der Waals surface area contributed by atoms with Crippen LogP contribution in [0.1, 0.15) is 5.56 Å². The summed E-state index contributed by atoms with van der Waals surface area (Å²) in [6, 6.07) is 15.6. The standard InChI is InChI=1S/C21H14F3N3O/c22-15-5-3-4-13(10-15)20-26-19-7-2-1-6-17(19)21(28)27(20)25-12-14-8-9-16(23)11-18(14)24/h1-11,25H,12H2. The predicted octanol–water partition coefficient (Wildman–Crippen LogP) is 4.22. The van der Waals surface area contributed by atoms with Gasteiger partial charge in [-0.15, -0.1) is 0 Å². The van der Waals surface area contributed by atoms with Crippen molar-refractivity contribution < 1.29 is 13.2 Å². The third-order valence-corrected chi connectivity index (χ3v) is 4.30. The van der Waals surface area contributed by atoms with Gasteiger partial charge in [0.25, 0.3) is 5.56 Å².